The SMILES string of the molecule is CCNC(=NCCN1CCOCC1)NC1CCN(S(=O)(=O)C(F)(F)F)CC1. The zero-order chi connectivity index (χ0) is 19.9. The van der Waals surface area contributed by atoms with Gasteiger partial charge in [0, 0.05) is 45.3 Å². The van der Waals surface area contributed by atoms with E-state index in [-0.39, 0.29) is 19.1 Å². The largest absolute Gasteiger partial charge is 0.511 e. The van der Waals surface area contributed by atoms with Crippen LogP contribution in [0.3, 0.4) is 0 Å². The zero-order valence-electron chi connectivity index (χ0n) is 15.5. The number of nitrogens with one attached hydrogen (secondary N) is 2. The number of piperidine rings is 1. The van der Waals surface area contributed by atoms with Crippen molar-refractivity contribution in [1.29, 1.82) is 0 Å². The van der Waals surface area contributed by atoms with Crippen molar-refractivity contribution in [2.24, 2.45) is 4.99 Å². The fraction of sp³-hybridized carbons (Fsp3) is 0.933. The van der Waals surface area contributed by atoms with E-state index < -0.39 is 15.5 Å². The van der Waals surface area contributed by atoms with Crippen LogP contribution in [0.4, 0.5) is 13.2 Å². The predicted octanol–water partition coefficient (Wildman–Crippen LogP) is 0.188. The summed E-state index contributed by atoms with van der Waals surface area (Å²) in [5.41, 5.74) is -5.25. The number of halogens is 3. The number of aliphatic imine (C=N–C) groups is 1. The standard InChI is InChI=1S/C15H28F3N5O3S/c1-2-19-14(20-5-8-22-9-11-26-12-10-22)21-13-3-6-23(7-4-13)27(24,25)15(16,17)18/h13H,2-12H2,1H3,(H2,19,20,21). The van der Waals surface area contributed by atoms with Gasteiger partial charge in [-0.3, -0.25) is 9.89 Å². The van der Waals surface area contributed by atoms with Gasteiger partial charge in [0.15, 0.2) is 5.96 Å². The van der Waals surface area contributed by atoms with Gasteiger partial charge in [-0.25, -0.2) is 8.42 Å². The summed E-state index contributed by atoms with van der Waals surface area (Å²) in [6, 6.07) is -0.120. The Morgan fingerprint density at radius 2 is 1.81 bits per heavy atom. The number of rotatable bonds is 6. The molecule has 0 saturated carbocycles. The van der Waals surface area contributed by atoms with Crippen molar-refractivity contribution in [3.8, 4) is 0 Å². The molecule has 8 nitrogen and oxygen atoms in total. The van der Waals surface area contributed by atoms with Gasteiger partial charge in [-0.05, 0) is 19.8 Å². The van der Waals surface area contributed by atoms with E-state index in [2.05, 4.69) is 20.5 Å². The summed E-state index contributed by atoms with van der Waals surface area (Å²) in [6.07, 6.45) is 0.590. The van der Waals surface area contributed by atoms with Crippen molar-refractivity contribution in [2.45, 2.75) is 31.3 Å². The molecule has 158 valence electrons. The second-order valence-electron chi connectivity index (χ2n) is 6.48. The maximum Gasteiger partial charge on any atom is 0.511 e. The fourth-order valence-corrected chi connectivity index (χ4v) is 4.01. The monoisotopic (exact) mass is 415 g/mol. The van der Waals surface area contributed by atoms with E-state index in [1.54, 1.807) is 0 Å². The maximum atomic E-state index is 12.6. The Bertz CT molecular complexity index is 586. The Morgan fingerprint density at radius 3 is 2.37 bits per heavy atom. The van der Waals surface area contributed by atoms with Crippen molar-refractivity contribution in [3.05, 3.63) is 0 Å². The van der Waals surface area contributed by atoms with Crippen LogP contribution in [-0.4, -0.2) is 94.2 Å². The molecule has 0 amide bonds. The molecule has 0 aromatic heterocycles. The third-order valence-electron chi connectivity index (χ3n) is 4.56. The Balaban J connectivity index is 1.82. The molecule has 2 aliphatic rings. The van der Waals surface area contributed by atoms with Crippen molar-refractivity contribution in [3.63, 3.8) is 0 Å². The lowest BCUT2D eigenvalue weighted by Gasteiger charge is -2.32. The molecule has 27 heavy (non-hydrogen) atoms. The lowest BCUT2D eigenvalue weighted by Crippen LogP contribution is -2.51. The van der Waals surface area contributed by atoms with E-state index in [1.807, 2.05) is 6.92 Å². The highest BCUT2D eigenvalue weighted by atomic mass is 32.2. The molecule has 2 saturated heterocycles. The Labute approximate surface area is 158 Å². The molecule has 0 aliphatic carbocycles. The summed E-state index contributed by atoms with van der Waals surface area (Å²) >= 11 is 0. The van der Waals surface area contributed by atoms with Gasteiger partial charge in [0.05, 0.1) is 19.8 Å². The molecule has 2 N–H and O–H groups in total. The highest BCUT2D eigenvalue weighted by Crippen LogP contribution is 2.28. The van der Waals surface area contributed by atoms with Crippen molar-refractivity contribution >= 4 is 16.0 Å². The van der Waals surface area contributed by atoms with Crippen molar-refractivity contribution in [1.82, 2.24) is 19.8 Å². The molecular weight excluding hydrogens is 387 g/mol. The van der Waals surface area contributed by atoms with Crippen LogP contribution in [0.2, 0.25) is 0 Å². The van der Waals surface area contributed by atoms with E-state index in [0.29, 0.717) is 36.2 Å². The summed E-state index contributed by atoms with van der Waals surface area (Å²) in [7, 11) is -5.24. The summed E-state index contributed by atoms with van der Waals surface area (Å²) in [6.45, 7) is 6.88. The minimum absolute atomic E-state index is 0.120. The predicted molar refractivity (Wildman–Crippen MR) is 95.9 cm³/mol. The first-order valence-corrected chi connectivity index (χ1v) is 10.6. The van der Waals surface area contributed by atoms with E-state index in [1.165, 1.54) is 0 Å². The van der Waals surface area contributed by atoms with Crippen LogP contribution in [0.1, 0.15) is 19.8 Å². The van der Waals surface area contributed by atoms with Gasteiger partial charge >= 0.3 is 15.5 Å². The third-order valence-corrected chi connectivity index (χ3v) is 6.19. The first kappa shape index (κ1) is 22.2. The lowest BCUT2D eigenvalue weighted by molar-refractivity contribution is -0.0494. The van der Waals surface area contributed by atoms with E-state index in [4.69, 9.17) is 4.74 Å². The van der Waals surface area contributed by atoms with Crippen LogP contribution in [0.25, 0.3) is 0 Å². The molecule has 0 bridgehead atoms. The first-order chi connectivity index (χ1) is 12.7. The number of sulfonamides is 1. The van der Waals surface area contributed by atoms with Crippen LogP contribution in [0, 0.1) is 0 Å². The number of hydrogen-bond acceptors (Lipinski definition) is 5. The summed E-state index contributed by atoms with van der Waals surface area (Å²) in [5.74, 6) is 0.600. The fourth-order valence-electron chi connectivity index (χ4n) is 3.03. The second kappa shape index (κ2) is 9.89. The number of hydrogen-bond donors (Lipinski definition) is 2. The van der Waals surface area contributed by atoms with Crippen LogP contribution in [0.5, 0.6) is 0 Å². The number of guanidine groups is 1. The van der Waals surface area contributed by atoms with Crippen LogP contribution < -0.4 is 10.6 Å². The van der Waals surface area contributed by atoms with Crippen LogP contribution >= 0.6 is 0 Å². The molecule has 0 unspecified atom stereocenters. The minimum Gasteiger partial charge on any atom is -0.379 e. The summed E-state index contributed by atoms with van der Waals surface area (Å²) in [5, 5.41) is 6.32. The van der Waals surface area contributed by atoms with Crippen LogP contribution in [-0.2, 0) is 14.8 Å². The van der Waals surface area contributed by atoms with E-state index in [9.17, 15) is 21.6 Å². The molecule has 0 spiro atoms. The van der Waals surface area contributed by atoms with E-state index >= 15 is 0 Å². The maximum absolute atomic E-state index is 12.6. The number of nitrogens with zero attached hydrogens (tertiary/aromatic N) is 3. The third kappa shape index (κ3) is 6.47. The number of ether oxygens (including phenoxy) is 1. The van der Waals surface area contributed by atoms with Gasteiger partial charge in [0.25, 0.3) is 0 Å². The molecular formula is C15H28F3N5O3S. The highest BCUT2D eigenvalue weighted by Gasteiger charge is 2.50. The molecule has 2 rings (SSSR count). The van der Waals surface area contributed by atoms with Crippen molar-refractivity contribution < 1.29 is 26.3 Å². The average molecular weight is 415 g/mol. The van der Waals surface area contributed by atoms with Gasteiger partial charge in [0.1, 0.15) is 0 Å². The zero-order valence-corrected chi connectivity index (χ0v) is 16.3. The van der Waals surface area contributed by atoms with Crippen molar-refractivity contribution in [2.75, 3.05) is 59.0 Å². The van der Waals surface area contributed by atoms with Gasteiger partial charge in [-0.1, -0.05) is 0 Å². The topological polar surface area (TPSA) is 86.3 Å². The molecule has 2 heterocycles. The smallest absolute Gasteiger partial charge is 0.379 e. The normalized spacial score (nSPS) is 22.0. The van der Waals surface area contributed by atoms with Gasteiger partial charge in [-0.15, -0.1) is 0 Å². The Kier molecular flexibility index (Phi) is 8.13. The molecule has 0 aromatic carbocycles. The van der Waals surface area contributed by atoms with Crippen LogP contribution in [0.15, 0.2) is 4.99 Å². The minimum atomic E-state index is -5.25. The molecule has 0 radical (unpaired) electrons. The molecule has 2 fully saturated rings. The second-order valence-corrected chi connectivity index (χ2v) is 8.41. The van der Waals surface area contributed by atoms with E-state index in [0.717, 1.165) is 32.8 Å². The lowest BCUT2D eigenvalue weighted by atomic mass is 10.1. The molecule has 2 aliphatic heterocycles. The summed E-state index contributed by atoms with van der Waals surface area (Å²) in [4.78, 5) is 6.77. The van der Waals surface area contributed by atoms with Gasteiger partial charge in [-0.2, -0.15) is 17.5 Å². The Morgan fingerprint density at radius 1 is 1.19 bits per heavy atom. The molecule has 12 heteroatoms. The van der Waals surface area contributed by atoms with Gasteiger partial charge in [0.2, 0.25) is 0 Å². The Hall–Kier alpha value is -1.11. The first-order valence-electron chi connectivity index (χ1n) is 9.15. The molecule has 0 aromatic rings. The number of morpholine rings is 1. The average Bonchev–Trinajstić information content (AvgIpc) is 2.62. The highest BCUT2D eigenvalue weighted by molar-refractivity contribution is 7.90. The quantitative estimate of drug-likeness (QED) is 0.476. The molecule has 0 atom stereocenters. The summed E-state index contributed by atoms with van der Waals surface area (Å²) < 4.78 is 66.6. The van der Waals surface area contributed by atoms with Gasteiger partial charge < -0.3 is 15.4 Å². The number of alkyl halides is 3.